The average Bonchev–Trinajstić information content (AvgIpc) is 3.35. The van der Waals surface area contributed by atoms with E-state index in [2.05, 4.69) is 27.3 Å². The van der Waals surface area contributed by atoms with Crippen LogP contribution >= 0.6 is 0 Å². The number of anilines is 1. The van der Waals surface area contributed by atoms with E-state index in [1.54, 1.807) is 49.9 Å². The number of amides is 3. The van der Waals surface area contributed by atoms with Crippen LogP contribution in [0.15, 0.2) is 72.8 Å². The molecule has 2 fully saturated rings. The zero-order valence-electron chi connectivity index (χ0n) is 31.2. The fourth-order valence-corrected chi connectivity index (χ4v) is 8.07. The van der Waals surface area contributed by atoms with Crippen LogP contribution in [0.1, 0.15) is 93.1 Å². The number of carboxylic acids is 1. The standard InChI is InChI=1S/C43H48N4O7/c1-42(2,3)54-41(52)46-23-21-43(22-24-46,40(51)44-31-17-13-28(14-18-31)15-20-36(48)49)45-39(50)30-16-19-32-34(27-30)47-25-26-53-35-12-8-7-11-33(35)38(47)37(32)29-9-5-4-6-10-29/h7-8,11-20,27,29H,4-6,9-10,21-26H2,1-3H3,(H,44,51)(H,45,50)(H,48,49). The molecule has 1 saturated carbocycles. The maximum Gasteiger partial charge on any atom is 0.410 e. The average molecular weight is 733 g/mol. The normalized spacial score (nSPS) is 17.2. The molecule has 4 aromatic rings. The van der Waals surface area contributed by atoms with Gasteiger partial charge in [-0.25, -0.2) is 9.59 Å². The highest BCUT2D eigenvalue weighted by Crippen LogP contribution is 2.47. The number of aromatic nitrogens is 1. The van der Waals surface area contributed by atoms with Gasteiger partial charge in [0.15, 0.2) is 0 Å². The van der Waals surface area contributed by atoms with E-state index in [0.29, 0.717) is 35.9 Å². The van der Waals surface area contributed by atoms with Gasteiger partial charge >= 0.3 is 12.1 Å². The van der Waals surface area contributed by atoms with E-state index in [1.807, 2.05) is 30.3 Å². The molecular formula is C43H48N4O7. The van der Waals surface area contributed by atoms with Crippen LogP contribution < -0.4 is 15.4 Å². The minimum atomic E-state index is -1.33. The number of fused-ring (bicyclic) bond motifs is 5. The van der Waals surface area contributed by atoms with Gasteiger partial charge in [0.05, 0.1) is 12.2 Å². The number of piperidine rings is 1. The van der Waals surface area contributed by atoms with E-state index in [1.165, 1.54) is 30.9 Å². The number of benzene rings is 3. The van der Waals surface area contributed by atoms with Crippen LogP contribution in [0.25, 0.3) is 28.2 Å². The van der Waals surface area contributed by atoms with Gasteiger partial charge in [-0.2, -0.15) is 0 Å². The third-order valence-electron chi connectivity index (χ3n) is 10.7. The summed E-state index contributed by atoms with van der Waals surface area (Å²) < 4.78 is 14.1. The lowest BCUT2D eigenvalue weighted by molar-refractivity contribution is -0.131. The van der Waals surface area contributed by atoms with Crippen molar-refractivity contribution in [2.24, 2.45) is 0 Å². The number of rotatable bonds is 7. The molecule has 11 heteroatoms. The number of carboxylic acid groups (broad SMARTS) is 1. The van der Waals surface area contributed by atoms with Crippen molar-refractivity contribution in [1.29, 1.82) is 0 Å². The SMILES string of the molecule is CC(C)(C)OC(=O)N1CCC(NC(=O)c2ccc3c(C4CCCCC4)c4n(c3c2)CCOc2ccccc2-4)(C(=O)Nc2ccc(C=CC(=O)O)cc2)CC1. The van der Waals surface area contributed by atoms with Crippen LogP contribution in [0.5, 0.6) is 5.75 Å². The fourth-order valence-electron chi connectivity index (χ4n) is 8.07. The van der Waals surface area contributed by atoms with E-state index in [4.69, 9.17) is 14.6 Å². The van der Waals surface area contributed by atoms with Crippen molar-refractivity contribution in [3.63, 3.8) is 0 Å². The zero-order valence-corrected chi connectivity index (χ0v) is 31.2. The summed E-state index contributed by atoms with van der Waals surface area (Å²) in [4.78, 5) is 54.1. The van der Waals surface area contributed by atoms with E-state index >= 15 is 0 Å². The van der Waals surface area contributed by atoms with Gasteiger partial charge in [-0.3, -0.25) is 9.59 Å². The highest BCUT2D eigenvalue weighted by molar-refractivity contribution is 6.06. The Morgan fingerprint density at radius 3 is 2.35 bits per heavy atom. The first kappa shape index (κ1) is 36.8. The Morgan fingerprint density at radius 1 is 0.926 bits per heavy atom. The van der Waals surface area contributed by atoms with E-state index < -0.39 is 29.1 Å². The molecule has 1 saturated heterocycles. The number of carbonyl (C=O) groups excluding carboxylic acids is 3. The smallest absolute Gasteiger partial charge is 0.410 e. The van der Waals surface area contributed by atoms with Crippen LogP contribution in [-0.2, 0) is 20.9 Å². The molecular weight excluding hydrogens is 684 g/mol. The minimum absolute atomic E-state index is 0.173. The van der Waals surface area contributed by atoms with Gasteiger partial charge < -0.3 is 34.7 Å². The maximum absolute atomic E-state index is 14.4. The summed E-state index contributed by atoms with van der Waals surface area (Å²) in [5.41, 5.74) is 4.10. The van der Waals surface area contributed by atoms with Crippen molar-refractivity contribution < 1.29 is 33.8 Å². The molecule has 3 N–H and O–H groups in total. The molecule has 0 bridgehead atoms. The molecule has 0 unspecified atom stereocenters. The molecule has 2 aliphatic heterocycles. The molecule has 3 amide bonds. The molecule has 3 aromatic carbocycles. The molecule has 282 valence electrons. The van der Waals surface area contributed by atoms with Crippen molar-refractivity contribution in [1.82, 2.24) is 14.8 Å². The first-order valence-electron chi connectivity index (χ1n) is 18.9. The third kappa shape index (κ3) is 7.71. The van der Waals surface area contributed by atoms with Crippen molar-refractivity contribution in [2.45, 2.75) is 89.3 Å². The first-order valence-corrected chi connectivity index (χ1v) is 18.9. The summed E-state index contributed by atoms with van der Waals surface area (Å²) in [5.74, 6) is -0.566. The number of hydrogen-bond acceptors (Lipinski definition) is 6. The second-order valence-corrected chi connectivity index (χ2v) is 15.6. The highest BCUT2D eigenvalue weighted by Gasteiger charge is 2.44. The first-order chi connectivity index (χ1) is 25.9. The van der Waals surface area contributed by atoms with Gasteiger partial charge in [-0.15, -0.1) is 0 Å². The summed E-state index contributed by atoms with van der Waals surface area (Å²) in [6.45, 7) is 6.97. The second kappa shape index (κ2) is 15.0. The Balaban J connectivity index is 1.21. The highest BCUT2D eigenvalue weighted by atomic mass is 16.6. The van der Waals surface area contributed by atoms with Crippen molar-refractivity contribution in [3.8, 4) is 17.0 Å². The summed E-state index contributed by atoms with van der Waals surface area (Å²) in [5, 5.41) is 16.2. The molecule has 1 aromatic heterocycles. The van der Waals surface area contributed by atoms with Crippen LogP contribution in [0.4, 0.5) is 10.5 Å². The number of para-hydroxylation sites is 1. The topological polar surface area (TPSA) is 139 Å². The molecule has 11 nitrogen and oxygen atoms in total. The number of likely N-dealkylation sites (tertiary alicyclic amines) is 1. The van der Waals surface area contributed by atoms with Gasteiger partial charge in [0, 0.05) is 46.9 Å². The summed E-state index contributed by atoms with van der Waals surface area (Å²) in [7, 11) is 0. The molecule has 7 rings (SSSR count). The lowest BCUT2D eigenvalue weighted by Gasteiger charge is -2.41. The Morgan fingerprint density at radius 2 is 1.65 bits per heavy atom. The Labute approximate surface area is 315 Å². The van der Waals surface area contributed by atoms with Gasteiger partial charge in [0.25, 0.3) is 5.91 Å². The van der Waals surface area contributed by atoms with E-state index in [-0.39, 0.29) is 31.8 Å². The van der Waals surface area contributed by atoms with Crippen molar-refractivity contribution in [3.05, 3.63) is 89.5 Å². The van der Waals surface area contributed by atoms with E-state index in [9.17, 15) is 19.2 Å². The molecule has 3 aliphatic rings. The van der Waals surface area contributed by atoms with Crippen LogP contribution in [0.3, 0.4) is 0 Å². The van der Waals surface area contributed by atoms with Gasteiger partial charge in [0.2, 0.25) is 5.91 Å². The predicted molar refractivity (Wildman–Crippen MR) is 208 cm³/mol. The number of carbonyl (C=O) groups is 4. The lowest BCUT2D eigenvalue weighted by Crippen LogP contribution is -2.62. The number of hydrogen-bond donors (Lipinski definition) is 3. The molecule has 0 spiro atoms. The molecule has 54 heavy (non-hydrogen) atoms. The number of nitrogens with one attached hydrogen (secondary N) is 2. The van der Waals surface area contributed by atoms with Gasteiger partial charge in [-0.05, 0) is 106 Å². The second-order valence-electron chi connectivity index (χ2n) is 15.6. The molecule has 0 atom stereocenters. The monoisotopic (exact) mass is 732 g/mol. The fraction of sp³-hybridized carbons (Fsp3) is 0.395. The van der Waals surface area contributed by atoms with Crippen molar-refractivity contribution >= 4 is 46.5 Å². The zero-order chi connectivity index (χ0) is 38.0. The minimum Gasteiger partial charge on any atom is -0.491 e. The Hall–Kier alpha value is -5.58. The molecule has 3 heterocycles. The number of aliphatic carboxylic acids is 1. The van der Waals surface area contributed by atoms with Crippen molar-refractivity contribution in [2.75, 3.05) is 25.0 Å². The largest absolute Gasteiger partial charge is 0.491 e. The van der Waals surface area contributed by atoms with E-state index in [0.717, 1.165) is 46.8 Å². The molecule has 0 radical (unpaired) electrons. The van der Waals surface area contributed by atoms with Gasteiger partial charge in [0.1, 0.15) is 23.5 Å². The summed E-state index contributed by atoms with van der Waals surface area (Å²) >= 11 is 0. The molecule has 1 aliphatic carbocycles. The number of ether oxygens (including phenoxy) is 2. The third-order valence-corrected chi connectivity index (χ3v) is 10.7. The summed E-state index contributed by atoms with van der Waals surface area (Å²) in [6, 6.07) is 20.8. The number of nitrogens with zero attached hydrogens (tertiary/aromatic N) is 2. The predicted octanol–water partition coefficient (Wildman–Crippen LogP) is 7.98. The van der Waals surface area contributed by atoms with Crippen LogP contribution in [-0.4, -0.2) is 69.3 Å². The summed E-state index contributed by atoms with van der Waals surface area (Å²) in [6.07, 6.45) is 8.26. The van der Waals surface area contributed by atoms with Crippen LogP contribution in [0, 0.1) is 0 Å². The Bertz CT molecular complexity index is 2100. The Kier molecular flexibility index (Phi) is 10.2. The maximum atomic E-state index is 14.4. The van der Waals surface area contributed by atoms with Crippen LogP contribution in [0.2, 0.25) is 0 Å². The lowest BCUT2D eigenvalue weighted by atomic mass is 9.81. The van der Waals surface area contributed by atoms with Gasteiger partial charge in [-0.1, -0.05) is 49.6 Å². The quantitative estimate of drug-likeness (QED) is 0.164.